The van der Waals surface area contributed by atoms with Crippen molar-refractivity contribution in [2.24, 2.45) is 0 Å². The van der Waals surface area contributed by atoms with E-state index in [0.29, 0.717) is 6.61 Å². The molecule has 0 aliphatic rings. The fourth-order valence-corrected chi connectivity index (χ4v) is 1.87. The number of hydrogen-bond donors (Lipinski definition) is 1. The van der Waals surface area contributed by atoms with Crippen molar-refractivity contribution in [1.29, 1.82) is 0 Å². The molecule has 19 heavy (non-hydrogen) atoms. The number of nitrogens with zero attached hydrogens (tertiary/aromatic N) is 1. The van der Waals surface area contributed by atoms with Crippen LogP contribution in [0.4, 0.5) is 0 Å². The molecule has 0 aliphatic carbocycles. The van der Waals surface area contributed by atoms with Gasteiger partial charge in [-0.1, -0.05) is 31.5 Å². The van der Waals surface area contributed by atoms with Crippen molar-refractivity contribution in [3.8, 4) is 5.75 Å². The van der Waals surface area contributed by atoms with Gasteiger partial charge < -0.3 is 9.84 Å². The minimum Gasteiger partial charge on any atom is -0.487 e. The highest BCUT2D eigenvalue weighted by molar-refractivity contribution is 5.28. The van der Waals surface area contributed by atoms with Crippen LogP contribution in [0.2, 0.25) is 0 Å². The van der Waals surface area contributed by atoms with E-state index in [1.165, 1.54) is 0 Å². The fraction of sp³-hybridized carbons (Fsp3) is 0.312. The molecule has 1 unspecified atom stereocenters. The first-order chi connectivity index (χ1) is 9.29. The van der Waals surface area contributed by atoms with Gasteiger partial charge in [-0.15, -0.1) is 0 Å². The van der Waals surface area contributed by atoms with Gasteiger partial charge in [0.1, 0.15) is 12.4 Å². The predicted octanol–water partition coefficient (Wildman–Crippen LogP) is 3.49. The van der Waals surface area contributed by atoms with E-state index >= 15 is 0 Å². The maximum Gasteiger partial charge on any atom is 0.130 e. The normalized spacial score (nSPS) is 12.1. The molecule has 2 rings (SSSR count). The van der Waals surface area contributed by atoms with Crippen molar-refractivity contribution in [2.75, 3.05) is 0 Å². The SMILES string of the molecule is CCCC(O)c1ccc(OCc2ccccn2)cc1. The number of ether oxygens (including phenoxy) is 1. The molecule has 0 spiro atoms. The zero-order valence-electron chi connectivity index (χ0n) is 11.1. The Hall–Kier alpha value is -1.87. The van der Waals surface area contributed by atoms with Crippen LogP contribution >= 0.6 is 0 Å². The standard InChI is InChI=1S/C16H19NO2/c1-2-5-16(18)13-7-9-15(10-8-13)19-12-14-6-3-4-11-17-14/h3-4,6-11,16,18H,2,5,12H2,1H3. The van der Waals surface area contributed by atoms with E-state index in [4.69, 9.17) is 4.74 Å². The second-order valence-electron chi connectivity index (χ2n) is 4.48. The number of aromatic nitrogens is 1. The minimum absolute atomic E-state index is 0.380. The van der Waals surface area contributed by atoms with Gasteiger partial charge >= 0.3 is 0 Å². The first kappa shape index (κ1) is 13.6. The largest absolute Gasteiger partial charge is 0.487 e. The maximum atomic E-state index is 9.87. The Kier molecular flexibility index (Phi) is 4.93. The van der Waals surface area contributed by atoms with E-state index in [-0.39, 0.29) is 6.10 Å². The first-order valence-electron chi connectivity index (χ1n) is 6.60. The van der Waals surface area contributed by atoms with Crippen molar-refractivity contribution >= 4 is 0 Å². The molecule has 0 fully saturated rings. The van der Waals surface area contributed by atoms with Crippen LogP contribution in [-0.2, 0) is 6.61 Å². The van der Waals surface area contributed by atoms with Crippen LogP contribution in [0.25, 0.3) is 0 Å². The summed E-state index contributed by atoms with van der Waals surface area (Å²) in [6.07, 6.45) is 3.13. The van der Waals surface area contributed by atoms with Crippen molar-refractivity contribution < 1.29 is 9.84 Å². The molecule has 0 bridgehead atoms. The van der Waals surface area contributed by atoms with Gasteiger partial charge in [0.25, 0.3) is 0 Å². The topological polar surface area (TPSA) is 42.4 Å². The molecule has 0 amide bonds. The maximum absolute atomic E-state index is 9.87. The summed E-state index contributed by atoms with van der Waals surface area (Å²) in [6, 6.07) is 13.3. The predicted molar refractivity (Wildman–Crippen MR) is 74.9 cm³/mol. The molecule has 0 saturated heterocycles. The fourth-order valence-electron chi connectivity index (χ4n) is 1.87. The number of benzene rings is 1. The highest BCUT2D eigenvalue weighted by Crippen LogP contribution is 2.21. The minimum atomic E-state index is -0.380. The van der Waals surface area contributed by atoms with Gasteiger partial charge in [0, 0.05) is 6.20 Å². The number of pyridine rings is 1. The van der Waals surface area contributed by atoms with Crippen LogP contribution in [0.15, 0.2) is 48.7 Å². The lowest BCUT2D eigenvalue weighted by atomic mass is 10.1. The average molecular weight is 257 g/mol. The molecule has 0 radical (unpaired) electrons. The summed E-state index contributed by atoms with van der Waals surface area (Å²) < 4.78 is 5.64. The monoisotopic (exact) mass is 257 g/mol. The highest BCUT2D eigenvalue weighted by atomic mass is 16.5. The molecule has 3 heteroatoms. The Labute approximate surface area is 113 Å². The van der Waals surface area contributed by atoms with Gasteiger partial charge in [-0.3, -0.25) is 4.98 Å². The van der Waals surface area contributed by atoms with Crippen molar-refractivity contribution in [3.63, 3.8) is 0 Å². The third kappa shape index (κ3) is 4.07. The lowest BCUT2D eigenvalue weighted by Gasteiger charge is -2.11. The lowest BCUT2D eigenvalue weighted by molar-refractivity contribution is 0.166. The van der Waals surface area contributed by atoms with Crippen molar-refractivity contribution in [3.05, 3.63) is 59.9 Å². The molecular weight excluding hydrogens is 238 g/mol. The van der Waals surface area contributed by atoms with Crippen LogP contribution < -0.4 is 4.74 Å². The Bertz CT molecular complexity index is 482. The molecule has 0 saturated carbocycles. The summed E-state index contributed by atoms with van der Waals surface area (Å²) in [4.78, 5) is 4.20. The van der Waals surface area contributed by atoms with Crippen LogP contribution in [0.3, 0.4) is 0 Å². The number of rotatable bonds is 6. The number of hydrogen-bond acceptors (Lipinski definition) is 3. The zero-order valence-corrected chi connectivity index (χ0v) is 11.1. The molecule has 1 heterocycles. The highest BCUT2D eigenvalue weighted by Gasteiger charge is 2.06. The Morgan fingerprint density at radius 1 is 1.16 bits per heavy atom. The molecular formula is C16H19NO2. The summed E-state index contributed by atoms with van der Waals surface area (Å²) in [5.74, 6) is 0.790. The molecule has 0 aliphatic heterocycles. The van der Waals surface area contributed by atoms with E-state index in [1.54, 1.807) is 6.20 Å². The molecule has 1 atom stereocenters. The second kappa shape index (κ2) is 6.90. The van der Waals surface area contributed by atoms with E-state index in [2.05, 4.69) is 11.9 Å². The van der Waals surface area contributed by atoms with Gasteiger partial charge in [-0.25, -0.2) is 0 Å². The van der Waals surface area contributed by atoms with E-state index in [0.717, 1.165) is 29.8 Å². The van der Waals surface area contributed by atoms with Gasteiger partial charge in [-0.05, 0) is 36.2 Å². The third-order valence-corrected chi connectivity index (χ3v) is 2.94. The lowest BCUT2D eigenvalue weighted by Crippen LogP contribution is -1.99. The van der Waals surface area contributed by atoms with Crippen LogP contribution in [0.1, 0.15) is 37.1 Å². The number of aliphatic hydroxyl groups is 1. The Morgan fingerprint density at radius 3 is 2.58 bits per heavy atom. The van der Waals surface area contributed by atoms with E-state index in [1.807, 2.05) is 42.5 Å². The molecule has 1 aromatic heterocycles. The van der Waals surface area contributed by atoms with E-state index in [9.17, 15) is 5.11 Å². The molecule has 2 aromatic rings. The van der Waals surface area contributed by atoms with Gasteiger partial charge in [-0.2, -0.15) is 0 Å². The van der Waals surface area contributed by atoms with Crippen LogP contribution in [0, 0.1) is 0 Å². The van der Waals surface area contributed by atoms with Crippen molar-refractivity contribution in [1.82, 2.24) is 4.98 Å². The summed E-state index contributed by atoms with van der Waals surface area (Å²) in [7, 11) is 0. The summed E-state index contributed by atoms with van der Waals surface area (Å²) in [6.45, 7) is 2.52. The van der Waals surface area contributed by atoms with Gasteiger partial charge in [0.15, 0.2) is 0 Å². The quantitative estimate of drug-likeness (QED) is 0.861. The zero-order chi connectivity index (χ0) is 13.5. The molecule has 100 valence electrons. The summed E-state index contributed by atoms with van der Waals surface area (Å²) >= 11 is 0. The summed E-state index contributed by atoms with van der Waals surface area (Å²) in [5.41, 5.74) is 1.84. The molecule has 1 aromatic carbocycles. The van der Waals surface area contributed by atoms with Crippen molar-refractivity contribution in [2.45, 2.75) is 32.5 Å². The van der Waals surface area contributed by atoms with Gasteiger partial charge in [0.2, 0.25) is 0 Å². The van der Waals surface area contributed by atoms with E-state index < -0.39 is 0 Å². The molecule has 3 nitrogen and oxygen atoms in total. The third-order valence-electron chi connectivity index (χ3n) is 2.94. The Balaban J connectivity index is 1.92. The average Bonchev–Trinajstić information content (AvgIpc) is 2.47. The van der Waals surface area contributed by atoms with Gasteiger partial charge in [0.05, 0.1) is 11.8 Å². The molecule has 1 N–H and O–H groups in total. The number of aliphatic hydroxyl groups excluding tert-OH is 1. The second-order valence-corrected chi connectivity index (χ2v) is 4.48. The first-order valence-corrected chi connectivity index (χ1v) is 6.60. The smallest absolute Gasteiger partial charge is 0.130 e. The summed E-state index contributed by atoms with van der Waals surface area (Å²) in [5, 5.41) is 9.87. The van der Waals surface area contributed by atoms with Crippen LogP contribution in [0.5, 0.6) is 5.75 Å². The van der Waals surface area contributed by atoms with Crippen LogP contribution in [-0.4, -0.2) is 10.1 Å². The Morgan fingerprint density at radius 2 is 1.95 bits per heavy atom.